The smallest absolute Gasteiger partial charge is 0.316 e. The van der Waals surface area contributed by atoms with Gasteiger partial charge in [-0.1, -0.05) is 110 Å². The van der Waals surface area contributed by atoms with Gasteiger partial charge in [0.1, 0.15) is 25.7 Å². The molecule has 3 N–H and O–H groups in total. The minimum atomic E-state index is -1.07. The Hall–Kier alpha value is -1.71. The quantitative estimate of drug-likeness (QED) is 0.137. The van der Waals surface area contributed by atoms with Crippen molar-refractivity contribution in [2.45, 2.75) is 160 Å². The lowest BCUT2D eigenvalue weighted by molar-refractivity contribution is -0.163. The molecule has 0 saturated carbocycles. The summed E-state index contributed by atoms with van der Waals surface area (Å²) in [4.78, 5) is 35.4. The zero-order chi connectivity index (χ0) is 20.8. The third-order valence-electron chi connectivity index (χ3n) is 3.86. The molecule has 3 atom stereocenters. The first-order chi connectivity index (χ1) is 12.7. The Labute approximate surface area is 248 Å². The van der Waals surface area contributed by atoms with Crippen LogP contribution in [0.25, 0.3) is 0 Å². The molecular weight excluding hydrogens is 504 g/mol. The fourth-order valence-corrected chi connectivity index (χ4v) is 1.78. The van der Waals surface area contributed by atoms with E-state index in [1.54, 1.807) is 20.8 Å². The second-order valence-electron chi connectivity index (χ2n) is 6.29. The lowest BCUT2D eigenvalue weighted by Gasteiger charge is -2.18. The topological polar surface area (TPSA) is 140 Å². The van der Waals surface area contributed by atoms with Crippen LogP contribution in [0.3, 0.4) is 0 Å². The van der Waals surface area contributed by atoms with Crippen molar-refractivity contribution in [2.24, 2.45) is 5.92 Å². The second-order valence-corrected chi connectivity index (χ2v) is 6.29. The number of carbonyl (C=O) groups excluding carboxylic acids is 3. The maximum atomic E-state index is 12.1. The van der Waals surface area contributed by atoms with Gasteiger partial charge in [0.25, 0.3) is 0 Å². The van der Waals surface area contributed by atoms with Crippen LogP contribution in [0, 0.1) is 5.92 Å². The Kier molecular flexibility index (Phi) is 105. The van der Waals surface area contributed by atoms with Crippen LogP contribution >= 0.6 is 0 Å². The Morgan fingerprint density at radius 1 is 0.487 bits per heavy atom. The summed E-state index contributed by atoms with van der Waals surface area (Å²) in [6.45, 7) is 4.14. The fourth-order valence-electron chi connectivity index (χ4n) is 1.78. The highest BCUT2D eigenvalue weighted by Crippen LogP contribution is 2.08. The first kappa shape index (κ1) is 83.2. The first-order valence-electron chi connectivity index (χ1n) is 9.25. The maximum Gasteiger partial charge on any atom is 0.316 e. The van der Waals surface area contributed by atoms with Crippen LogP contribution in [-0.4, -0.2) is 71.4 Å². The lowest BCUT2D eigenvalue weighted by Crippen LogP contribution is -2.32. The van der Waals surface area contributed by atoms with E-state index in [2.05, 4.69) is 0 Å². The molecule has 0 radical (unpaired) electrons. The van der Waals surface area contributed by atoms with Crippen molar-refractivity contribution in [2.75, 3.05) is 19.8 Å². The maximum absolute atomic E-state index is 12.1. The molecule has 0 rings (SSSR count). The Morgan fingerprint density at radius 2 is 0.769 bits per heavy atom. The van der Waals surface area contributed by atoms with Gasteiger partial charge >= 0.3 is 17.9 Å². The standard InChI is InChI=1S/C18H32O9.12CH4/c1-4-13(19)7-16(22)25-9-12(18(24)27-11-15(21)6-3)10-26-17(23)8-14(20)5-2;;;;;;;;;;;;/h12-15,19-21H,4-11H2,1-3H3;12*1H4. The molecular formula is C30H80O9. The van der Waals surface area contributed by atoms with Crippen molar-refractivity contribution < 1.29 is 43.9 Å². The van der Waals surface area contributed by atoms with E-state index in [9.17, 15) is 29.7 Å². The first-order valence-corrected chi connectivity index (χ1v) is 9.25. The van der Waals surface area contributed by atoms with Gasteiger partial charge in [-0.3, -0.25) is 14.4 Å². The molecule has 0 bridgehead atoms. The zero-order valence-corrected chi connectivity index (χ0v) is 16.3. The molecule has 0 aliphatic carbocycles. The SMILES string of the molecule is C.C.C.C.C.C.C.C.C.C.C.C.CCC(O)COC(=O)C(COC(=O)CC(O)CC)COC(=O)CC(O)CC. The Balaban J connectivity index is -0.0000000512. The molecule has 39 heavy (non-hydrogen) atoms. The van der Waals surface area contributed by atoms with E-state index in [0.29, 0.717) is 19.3 Å². The van der Waals surface area contributed by atoms with Crippen LogP contribution in [0.1, 0.15) is 142 Å². The molecule has 0 heterocycles. The van der Waals surface area contributed by atoms with Gasteiger partial charge in [-0.2, -0.15) is 0 Å². The van der Waals surface area contributed by atoms with E-state index in [1.165, 1.54) is 0 Å². The van der Waals surface area contributed by atoms with Gasteiger partial charge in [0.05, 0.1) is 31.2 Å². The van der Waals surface area contributed by atoms with Crippen molar-refractivity contribution >= 4 is 17.9 Å². The highest BCUT2D eigenvalue weighted by Gasteiger charge is 2.26. The van der Waals surface area contributed by atoms with Gasteiger partial charge in [0.15, 0.2) is 0 Å². The summed E-state index contributed by atoms with van der Waals surface area (Å²) in [6.07, 6.45) is -1.76. The Bertz CT molecular complexity index is 430. The molecule has 0 aliphatic heterocycles. The predicted octanol–water partition coefficient (Wildman–Crippen LogP) is 7.96. The van der Waals surface area contributed by atoms with Crippen LogP contribution < -0.4 is 0 Å². The Morgan fingerprint density at radius 3 is 1.03 bits per heavy atom. The molecule has 0 aromatic carbocycles. The molecule has 0 spiro atoms. The summed E-state index contributed by atoms with van der Waals surface area (Å²) in [7, 11) is 0. The summed E-state index contributed by atoms with van der Waals surface area (Å²) in [5.41, 5.74) is 0. The van der Waals surface area contributed by atoms with Gasteiger partial charge in [0, 0.05) is 0 Å². The highest BCUT2D eigenvalue weighted by molar-refractivity contribution is 5.75. The third-order valence-corrected chi connectivity index (χ3v) is 3.86. The second kappa shape index (κ2) is 49.3. The number of esters is 3. The van der Waals surface area contributed by atoms with Crippen molar-refractivity contribution in [1.82, 2.24) is 0 Å². The van der Waals surface area contributed by atoms with E-state index in [0.717, 1.165) is 0 Å². The fraction of sp³-hybridized carbons (Fsp3) is 0.900. The summed E-state index contributed by atoms with van der Waals surface area (Å²) in [6, 6.07) is 0. The van der Waals surface area contributed by atoms with Crippen LogP contribution in [-0.2, 0) is 28.6 Å². The number of rotatable bonds is 14. The van der Waals surface area contributed by atoms with Crippen molar-refractivity contribution in [3.63, 3.8) is 0 Å². The van der Waals surface area contributed by atoms with Crippen LogP contribution in [0.5, 0.6) is 0 Å². The number of hydrogen-bond acceptors (Lipinski definition) is 9. The van der Waals surface area contributed by atoms with Crippen LogP contribution in [0.4, 0.5) is 0 Å². The predicted molar refractivity (Wildman–Crippen MR) is 175 cm³/mol. The number of ether oxygens (including phenoxy) is 3. The van der Waals surface area contributed by atoms with Crippen molar-refractivity contribution in [3.05, 3.63) is 0 Å². The molecule has 0 aliphatic rings. The summed E-state index contributed by atoms with van der Waals surface area (Å²) in [5, 5.41) is 28.4. The summed E-state index contributed by atoms with van der Waals surface area (Å²) in [5.74, 6) is -3.23. The molecule has 0 saturated heterocycles. The van der Waals surface area contributed by atoms with Crippen molar-refractivity contribution in [3.8, 4) is 0 Å². The van der Waals surface area contributed by atoms with Gasteiger partial charge in [-0.15, -0.1) is 0 Å². The molecule has 9 heteroatoms. The molecule has 0 fully saturated rings. The number of aliphatic hydroxyl groups excluding tert-OH is 3. The molecule has 0 aromatic rings. The lowest BCUT2D eigenvalue weighted by atomic mass is 10.1. The third kappa shape index (κ3) is 43.6. The monoisotopic (exact) mass is 585 g/mol. The average Bonchev–Trinajstić information content (AvgIpc) is 2.65. The van der Waals surface area contributed by atoms with Gasteiger partial charge in [-0.05, 0) is 19.3 Å². The van der Waals surface area contributed by atoms with Gasteiger partial charge < -0.3 is 29.5 Å². The minimum absolute atomic E-state index is 0. The number of hydrogen-bond donors (Lipinski definition) is 3. The van der Waals surface area contributed by atoms with Gasteiger partial charge in [0.2, 0.25) is 0 Å². The molecule has 3 unspecified atom stereocenters. The molecule has 9 nitrogen and oxygen atoms in total. The van der Waals surface area contributed by atoms with E-state index in [1.807, 2.05) is 0 Å². The van der Waals surface area contributed by atoms with Crippen LogP contribution in [0.15, 0.2) is 0 Å². The minimum Gasteiger partial charge on any atom is -0.465 e. The highest BCUT2D eigenvalue weighted by atomic mass is 16.6. The molecule has 0 aromatic heterocycles. The zero-order valence-electron chi connectivity index (χ0n) is 16.3. The van der Waals surface area contributed by atoms with E-state index in [4.69, 9.17) is 14.2 Å². The van der Waals surface area contributed by atoms with E-state index >= 15 is 0 Å². The normalized spacial score (nSPS) is 10.6. The summed E-state index contributed by atoms with van der Waals surface area (Å²) < 4.78 is 14.9. The summed E-state index contributed by atoms with van der Waals surface area (Å²) >= 11 is 0. The van der Waals surface area contributed by atoms with Gasteiger partial charge in [-0.25, -0.2) is 0 Å². The van der Waals surface area contributed by atoms with E-state index < -0.39 is 42.1 Å². The van der Waals surface area contributed by atoms with Crippen molar-refractivity contribution in [1.29, 1.82) is 0 Å². The largest absolute Gasteiger partial charge is 0.465 e. The van der Waals surface area contributed by atoms with Crippen LogP contribution in [0.2, 0.25) is 0 Å². The molecule has 0 amide bonds. The average molecular weight is 585 g/mol. The number of aliphatic hydroxyl groups is 3. The number of carbonyl (C=O) groups is 3. The molecule has 254 valence electrons. The van der Waals surface area contributed by atoms with E-state index in [-0.39, 0.29) is 122 Å².